The Morgan fingerprint density at radius 2 is 1.84 bits per heavy atom. The number of morpholine rings is 1. The van der Waals surface area contributed by atoms with Gasteiger partial charge in [-0.1, -0.05) is 6.07 Å². The molecule has 0 aliphatic carbocycles. The van der Waals surface area contributed by atoms with Crippen LogP contribution in [0, 0.1) is 10.1 Å². The van der Waals surface area contributed by atoms with Gasteiger partial charge in [-0.2, -0.15) is 0 Å². The summed E-state index contributed by atoms with van der Waals surface area (Å²) < 4.78 is 5.27. The number of hydrogen-bond acceptors (Lipinski definition) is 6. The molecule has 160 valence electrons. The number of nitrogens with one attached hydrogen (secondary N) is 2. The molecule has 1 saturated heterocycles. The maximum atomic E-state index is 12.6. The van der Waals surface area contributed by atoms with E-state index in [1.54, 1.807) is 29.2 Å². The number of carbonyl (C=O) groups is 2. The van der Waals surface area contributed by atoms with Gasteiger partial charge in [-0.25, -0.2) is 0 Å². The Morgan fingerprint density at radius 1 is 1.13 bits per heavy atom. The first-order valence-corrected chi connectivity index (χ1v) is 9.85. The van der Waals surface area contributed by atoms with Crippen LogP contribution in [-0.4, -0.2) is 53.1 Å². The van der Waals surface area contributed by atoms with Crippen LogP contribution in [0.15, 0.2) is 54.6 Å². The van der Waals surface area contributed by atoms with Crippen molar-refractivity contribution in [1.29, 1.82) is 0 Å². The predicted octanol–water partition coefficient (Wildman–Crippen LogP) is 2.59. The third-order valence-corrected chi connectivity index (χ3v) is 4.64. The summed E-state index contributed by atoms with van der Waals surface area (Å²) in [5.74, 6) is -0.552. The fourth-order valence-electron chi connectivity index (χ4n) is 2.87. The largest absolute Gasteiger partial charge is 0.378 e. The molecule has 31 heavy (non-hydrogen) atoms. The highest BCUT2D eigenvalue weighted by molar-refractivity contribution is 7.80. The molecule has 1 heterocycles. The lowest BCUT2D eigenvalue weighted by Crippen LogP contribution is -2.40. The number of rotatable bonds is 5. The van der Waals surface area contributed by atoms with E-state index in [4.69, 9.17) is 17.0 Å². The smallest absolute Gasteiger partial charge is 0.269 e. The number of benzene rings is 2. The highest BCUT2D eigenvalue weighted by Gasteiger charge is 2.18. The van der Waals surface area contributed by atoms with Gasteiger partial charge in [0.15, 0.2) is 5.11 Å². The maximum Gasteiger partial charge on any atom is 0.269 e. The van der Waals surface area contributed by atoms with Gasteiger partial charge in [0.2, 0.25) is 5.91 Å². The Bertz CT molecular complexity index is 1020. The summed E-state index contributed by atoms with van der Waals surface area (Å²) in [6.45, 7) is 2.14. The van der Waals surface area contributed by atoms with Crippen LogP contribution in [0.1, 0.15) is 15.9 Å². The highest BCUT2D eigenvalue weighted by Crippen LogP contribution is 2.14. The first-order chi connectivity index (χ1) is 14.9. The number of carbonyl (C=O) groups excluding carboxylic acids is 2. The van der Waals surface area contributed by atoms with Crippen LogP contribution in [0.2, 0.25) is 0 Å². The molecule has 0 aromatic heterocycles. The zero-order valence-corrected chi connectivity index (χ0v) is 17.3. The molecule has 1 aliphatic rings. The van der Waals surface area contributed by atoms with Crippen molar-refractivity contribution >= 4 is 46.6 Å². The third kappa shape index (κ3) is 6.43. The molecule has 2 aromatic rings. The standard InChI is InChI=1S/C21H20N4O5S/c26-19(9-6-15-4-7-18(8-5-15)25(28)29)23-21(31)22-17-3-1-2-16(14-17)20(27)24-10-12-30-13-11-24/h1-9,14H,10-13H2,(H2,22,23,26,31)/b9-6+. The van der Waals surface area contributed by atoms with Crippen LogP contribution in [0.3, 0.4) is 0 Å². The molecule has 0 saturated carbocycles. The molecule has 0 bridgehead atoms. The molecule has 2 aromatic carbocycles. The minimum Gasteiger partial charge on any atom is -0.378 e. The molecule has 1 aliphatic heterocycles. The summed E-state index contributed by atoms with van der Waals surface area (Å²) in [6, 6.07) is 12.6. The van der Waals surface area contributed by atoms with Crippen molar-refractivity contribution in [2.75, 3.05) is 31.6 Å². The Labute approximate surface area is 183 Å². The summed E-state index contributed by atoms with van der Waals surface area (Å²) >= 11 is 5.16. The molecular formula is C21H20N4O5S. The second kappa shape index (κ2) is 10.4. The Balaban J connectivity index is 1.54. The molecule has 0 unspecified atom stereocenters. The van der Waals surface area contributed by atoms with Crippen molar-refractivity contribution in [3.63, 3.8) is 0 Å². The monoisotopic (exact) mass is 440 g/mol. The molecule has 1 fully saturated rings. The normalized spacial score (nSPS) is 13.6. The van der Waals surface area contributed by atoms with Gasteiger partial charge in [-0.05, 0) is 54.2 Å². The second-order valence-electron chi connectivity index (χ2n) is 6.61. The van der Waals surface area contributed by atoms with Gasteiger partial charge in [0.25, 0.3) is 11.6 Å². The Morgan fingerprint density at radius 3 is 2.52 bits per heavy atom. The zero-order valence-electron chi connectivity index (χ0n) is 16.4. The summed E-state index contributed by atoms with van der Waals surface area (Å²) in [5.41, 5.74) is 1.69. The number of anilines is 1. The Hall–Kier alpha value is -3.63. The molecule has 0 spiro atoms. The van der Waals surface area contributed by atoms with Crippen LogP contribution < -0.4 is 10.6 Å². The van der Waals surface area contributed by atoms with Crippen LogP contribution in [0.25, 0.3) is 6.08 Å². The summed E-state index contributed by atoms with van der Waals surface area (Å²) in [5, 5.41) is 16.1. The average molecular weight is 440 g/mol. The number of ether oxygens (including phenoxy) is 1. The third-order valence-electron chi connectivity index (χ3n) is 4.43. The summed E-state index contributed by atoms with van der Waals surface area (Å²) in [4.78, 5) is 36.6. The number of nitro groups is 1. The van der Waals surface area contributed by atoms with E-state index < -0.39 is 10.8 Å². The van der Waals surface area contributed by atoms with Crippen molar-refractivity contribution in [2.24, 2.45) is 0 Å². The van der Waals surface area contributed by atoms with Crippen molar-refractivity contribution in [2.45, 2.75) is 0 Å². The molecule has 0 atom stereocenters. The van der Waals surface area contributed by atoms with Gasteiger partial charge < -0.3 is 15.0 Å². The van der Waals surface area contributed by atoms with Gasteiger partial charge in [-0.3, -0.25) is 25.0 Å². The lowest BCUT2D eigenvalue weighted by Gasteiger charge is -2.27. The zero-order chi connectivity index (χ0) is 22.2. The molecule has 3 rings (SSSR count). The highest BCUT2D eigenvalue weighted by atomic mass is 32.1. The fourth-order valence-corrected chi connectivity index (χ4v) is 3.09. The Kier molecular flexibility index (Phi) is 7.41. The van der Waals surface area contributed by atoms with Crippen LogP contribution >= 0.6 is 12.2 Å². The van der Waals surface area contributed by atoms with Crippen molar-refractivity contribution in [1.82, 2.24) is 10.2 Å². The number of amides is 2. The van der Waals surface area contributed by atoms with Gasteiger partial charge in [0, 0.05) is 42.5 Å². The number of nitro benzene ring substituents is 1. The SMILES string of the molecule is O=C(/C=C/c1ccc([N+](=O)[O-])cc1)NC(=S)Nc1cccc(C(=O)N2CCOCC2)c1. The minimum absolute atomic E-state index is 0.0266. The van der Waals surface area contributed by atoms with Gasteiger partial charge in [0.1, 0.15) is 0 Å². The fraction of sp³-hybridized carbons (Fsp3) is 0.190. The summed E-state index contributed by atoms with van der Waals surface area (Å²) in [6.07, 6.45) is 2.79. The quantitative estimate of drug-likeness (QED) is 0.318. The van der Waals surface area contributed by atoms with Crippen LogP contribution in [-0.2, 0) is 9.53 Å². The van der Waals surface area contributed by atoms with E-state index in [0.717, 1.165) is 0 Å². The molecular weight excluding hydrogens is 420 g/mol. The van der Waals surface area contributed by atoms with Crippen molar-refractivity contribution < 1.29 is 19.2 Å². The lowest BCUT2D eigenvalue weighted by atomic mass is 10.1. The van der Waals surface area contributed by atoms with Gasteiger partial charge >= 0.3 is 0 Å². The molecule has 2 N–H and O–H groups in total. The van der Waals surface area contributed by atoms with E-state index in [9.17, 15) is 19.7 Å². The van der Waals surface area contributed by atoms with Gasteiger partial charge in [-0.15, -0.1) is 0 Å². The lowest BCUT2D eigenvalue weighted by molar-refractivity contribution is -0.384. The number of hydrogen-bond donors (Lipinski definition) is 2. The average Bonchev–Trinajstić information content (AvgIpc) is 2.78. The van der Waals surface area contributed by atoms with Crippen molar-refractivity contribution in [3.8, 4) is 0 Å². The first-order valence-electron chi connectivity index (χ1n) is 9.44. The number of thiocarbonyl (C=S) groups is 1. The molecule has 0 radical (unpaired) electrons. The topological polar surface area (TPSA) is 114 Å². The van der Waals surface area contributed by atoms with E-state index in [2.05, 4.69) is 10.6 Å². The van der Waals surface area contributed by atoms with Crippen molar-refractivity contribution in [3.05, 3.63) is 75.8 Å². The van der Waals surface area contributed by atoms with Gasteiger partial charge in [0.05, 0.1) is 18.1 Å². The van der Waals surface area contributed by atoms with Crippen LogP contribution in [0.5, 0.6) is 0 Å². The number of non-ortho nitro benzene ring substituents is 1. The van der Waals surface area contributed by atoms with E-state index in [-0.39, 0.29) is 16.7 Å². The molecule has 9 nitrogen and oxygen atoms in total. The van der Waals surface area contributed by atoms with E-state index in [0.29, 0.717) is 43.1 Å². The van der Waals surface area contributed by atoms with E-state index in [1.165, 1.54) is 36.4 Å². The molecule has 2 amide bonds. The second-order valence-corrected chi connectivity index (χ2v) is 7.02. The van der Waals surface area contributed by atoms with Crippen LogP contribution in [0.4, 0.5) is 11.4 Å². The number of nitrogens with zero attached hydrogens (tertiary/aromatic N) is 2. The first kappa shape index (κ1) is 22.1. The minimum atomic E-state index is -0.492. The predicted molar refractivity (Wildman–Crippen MR) is 120 cm³/mol. The summed E-state index contributed by atoms with van der Waals surface area (Å²) in [7, 11) is 0. The van der Waals surface area contributed by atoms with E-state index in [1.807, 2.05) is 0 Å². The molecule has 10 heteroatoms. The maximum absolute atomic E-state index is 12.6. The van der Waals surface area contributed by atoms with E-state index >= 15 is 0 Å².